The molecule has 2 heterocycles. The van der Waals surface area contributed by atoms with E-state index in [1.165, 1.54) is 4.90 Å². The number of ether oxygens (including phenoxy) is 1. The molecule has 1 aromatic heterocycles. The van der Waals surface area contributed by atoms with E-state index in [0.717, 1.165) is 11.1 Å². The number of ketones is 1. The lowest BCUT2D eigenvalue weighted by Gasteiger charge is -2.25. The average molecular weight is 443 g/mol. The highest BCUT2D eigenvalue weighted by molar-refractivity contribution is 6.51. The predicted molar refractivity (Wildman–Crippen MR) is 127 cm³/mol. The van der Waals surface area contributed by atoms with E-state index in [-0.39, 0.29) is 17.4 Å². The van der Waals surface area contributed by atoms with Gasteiger partial charge in [0.05, 0.1) is 17.4 Å². The number of hydrogen-bond donors (Lipinski definition) is 1. The van der Waals surface area contributed by atoms with Crippen molar-refractivity contribution < 1.29 is 19.4 Å². The third-order valence-electron chi connectivity index (χ3n) is 5.68. The van der Waals surface area contributed by atoms with Crippen molar-refractivity contribution in [1.82, 2.24) is 4.98 Å². The van der Waals surface area contributed by atoms with E-state index in [0.29, 0.717) is 22.7 Å². The SMILES string of the molecule is Cc1ccc(N2C(=O)C(=O)/C(=C(/O)c3ccc(OC(C)C)cc3)C2c2ccccn2)cc1C. The van der Waals surface area contributed by atoms with Crippen LogP contribution in [0.4, 0.5) is 5.69 Å². The molecule has 0 spiro atoms. The second-order valence-corrected chi connectivity index (χ2v) is 8.38. The molecule has 1 aliphatic rings. The van der Waals surface area contributed by atoms with Crippen molar-refractivity contribution in [2.45, 2.75) is 39.8 Å². The van der Waals surface area contributed by atoms with E-state index in [9.17, 15) is 14.7 Å². The molecule has 1 saturated heterocycles. The Labute approximate surface area is 193 Å². The molecule has 33 heavy (non-hydrogen) atoms. The molecule has 4 rings (SSSR count). The molecule has 0 bridgehead atoms. The molecule has 1 amide bonds. The van der Waals surface area contributed by atoms with Crippen LogP contribution in [-0.4, -0.2) is 27.9 Å². The fourth-order valence-corrected chi connectivity index (χ4v) is 3.91. The number of amides is 1. The van der Waals surface area contributed by atoms with Gasteiger partial charge in [-0.3, -0.25) is 19.5 Å². The molecular formula is C27H26N2O4. The summed E-state index contributed by atoms with van der Waals surface area (Å²) in [6.45, 7) is 7.78. The van der Waals surface area contributed by atoms with Crippen LogP contribution < -0.4 is 9.64 Å². The number of anilines is 1. The maximum absolute atomic E-state index is 13.2. The van der Waals surface area contributed by atoms with Gasteiger partial charge in [0.2, 0.25) is 0 Å². The summed E-state index contributed by atoms with van der Waals surface area (Å²) in [7, 11) is 0. The van der Waals surface area contributed by atoms with Crippen LogP contribution in [0.2, 0.25) is 0 Å². The molecule has 1 aliphatic heterocycles. The molecule has 0 saturated carbocycles. The first kappa shape index (κ1) is 22.3. The highest BCUT2D eigenvalue weighted by Gasteiger charge is 2.47. The molecule has 0 aliphatic carbocycles. The number of benzene rings is 2. The highest BCUT2D eigenvalue weighted by Crippen LogP contribution is 2.41. The normalized spacial score (nSPS) is 17.6. The van der Waals surface area contributed by atoms with Gasteiger partial charge in [-0.25, -0.2) is 0 Å². The molecule has 1 N–H and O–H groups in total. The zero-order valence-electron chi connectivity index (χ0n) is 19.1. The maximum Gasteiger partial charge on any atom is 0.300 e. The van der Waals surface area contributed by atoms with Crippen LogP contribution >= 0.6 is 0 Å². The highest BCUT2D eigenvalue weighted by atomic mass is 16.5. The number of carbonyl (C=O) groups excluding carboxylic acids is 2. The van der Waals surface area contributed by atoms with Crippen molar-refractivity contribution in [3.63, 3.8) is 0 Å². The van der Waals surface area contributed by atoms with Gasteiger partial charge in [-0.15, -0.1) is 0 Å². The number of Topliss-reactive ketones (excluding diaryl/α,β-unsaturated/α-hetero) is 1. The van der Waals surface area contributed by atoms with E-state index in [1.807, 2.05) is 45.9 Å². The van der Waals surface area contributed by atoms with E-state index in [1.54, 1.807) is 48.7 Å². The molecular weight excluding hydrogens is 416 g/mol. The first-order valence-electron chi connectivity index (χ1n) is 10.8. The zero-order chi connectivity index (χ0) is 23.7. The van der Waals surface area contributed by atoms with Gasteiger partial charge in [0.25, 0.3) is 11.7 Å². The summed E-state index contributed by atoms with van der Waals surface area (Å²) in [5.74, 6) is -1.04. The third kappa shape index (κ3) is 4.24. The van der Waals surface area contributed by atoms with Gasteiger partial charge in [0.15, 0.2) is 0 Å². The van der Waals surface area contributed by atoms with Crippen LogP contribution in [-0.2, 0) is 9.59 Å². The lowest BCUT2D eigenvalue weighted by Crippen LogP contribution is -2.29. The Morgan fingerprint density at radius 3 is 2.33 bits per heavy atom. The van der Waals surface area contributed by atoms with Gasteiger partial charge in [0, 0.05) is 17.4 Å². The fraction of sp³-hybridized carbons (Fsp3) is 0.222. The molecule has 1 fully saturated rings. The number of aryl methyl sites for hydroxylation is 2. The number of rotatable bonds is 5. The second kappa shape index (κ2) is 8.90. The summed E-state index contributed by atoms with van der Waals surface area (Å²) in [4.78, 5) is 32.2. The third-order valence-corrected chi connectivity index (χ3v) is 5.68. The van der Waals surface area contributed by atoms with Crippen LogP contribution in [0.3, 0.4) is 0 Å². The van der Waals surface area contributed by atoms with Gasteiger partial charge in [0.1, 0.15) is 17.6 Å². The molecule has 3 aromatic rings. The first-order chi connectivity index (χ1) is 15.8. The molecule has 0 radical (unpaired) electrons. The molecule has 1 unspecified atom stereocenters. The number of aromatic nitrogens is 1. The van der Waals surface area contributed by atoms with Crippen molar-refractivity contribution in [3.05, 3.63) is 94.8 Å². The van der Waals surface area contributed by atoms with Crippen molar-refractivity contribution in [3.8, 4) is 5.75 Å². The number of carbonyl (C=O) groups is 2. The Morgan fingerprint density at radius 1 is 1.00 bits per heavy atom. The monoisotopic (exact) mass is 442 g/mol. The van der Waals surface area contributed by atoms with Gasteiger partial charge >= 0.3 is 0 Å². The number of aliphatic hydroxyl groups excluding tert-OH is 1. The quantitative estimate of drug-likeness (QED) is 0.337. The summed E-state index contributed by atoms with van der Waals surface area (Å²) in [6, 6.07) is 16.8. The molecule has 1 atom stereocenters. The van der Waals surface area contributed by atoms with Crippen LogP contribution in [0.15, 0.2) is 72.4 Å². The Hall–Kier alpha value is -3.93. The largest absolute Gasteiger partial charge is 0.507 e. The smallest absolute Gasteiger partial charge is 0.300 e. The molecule has 168 valence electrons. The summed E-state index contributed by atoms with van der Waals surface area (Å²) in [6.07, 6.45) is 1.62. The Morgan fingerprint density at radius 2 is 1.73 bits per heavy atom. The molecule has 6 heteroatoms. The minimum absolute atomic E-state index is 0.00876. The summed E-state index contributed by atoms with van der Waals surface area (Å²) < 4.78 is 5.66. The Balaban J connectivity index is 1.86. The standard InChI is InChI=1S/C27H26N2O4/c1-16(2)33-21-12-9-19(10-13-21)25(30)23-24(22-7-5-6-14-28-22)29(27(32)26(23)31)20-11-8-17(3)18(4)15-20/h5-16,24,30H,1-4H3/b25-23+. The van der Waals surface area contributed by atoms with Crippen LogP contribution in [0.1, 0.15) is 42.3 Å². The Bertz CT molecular complexity index is 1230. The summed E-state index contributed by atoms with van der Waals surface area (Å²) in [5.41, 5.74) is 3.58. The van der Waals surface area contributed by atoms with Crippen LogP contribution in [0.25, 0.3) is 5.76 Å². The number of hydrogen-bond acceptors (Lipinski definition) is 5. The maximum atomic E-state index is 13.2. The van der Waals surface area contributed by atoms with Crippen molar-refractivity contribution >= 4 is 23.1 Å². The topological polar surface area (TPSA) is 79.7 Å². The van der Waals surface area contributed by atoms with Crippen LogP contribution in [0.5, 0.6) is 5.75 Å². The summed E-state index contributed by atoms with van der Waals surface area (Å²) in [5, 5.41) is 11.2. The predicted octanol–water partition coefficient (Wildman–Crippen LogP) is 5.11. The Kier molecular flexibility index (Phi) is 6.01. The number of pyridine rings is 1. The minimum Gasteiger partial charge on any atom is -0.507 e. The fourth-order valence-electron chi connectivity index (χ4n) is 3.91. The summed E-state index contributed by atoms with van der Waals surface area (Å²) >= 11 is 0. The lowest BCUT2D eigenvalue weighted by atomic mass is 9.98. The van der Waals surface area contributed by atoms with Gasteiger partial charge in [-0.05, 0) is 87.4 Å². The van der Waals surface area contributed by atoms with Gasteiger partial charge in [-0.1, -0.05) is 12.1 Å². The van der Waals surface area contributed by atoms with E-state index in [2.05, 4.69) is 4.98 Å². The lowest BCUT2D eigenvalue weighted by molar-refractivity contribution is -0.132. The van der Waals surface area contributed by atoms with E-state index < -0.39 is 17.7 Å². The zero-order valence-corrected chi connectivity index (χ0v) is 19.1. The average Bonchev–Trinajstić information content (AvgIpc) is 3.06. The molecule has 6 nitrogen and oxygen atoms in total. The van der Waals surface area contributed by atoms with E-state index in [4.69, 9.17) is 4.74 Å². The first-order valence-corrected chi connectivity index (χ1v) is 10.8. The second-order valence-electron chi connectivity index (χ2n) is 8.38. The number of nitrogens with zero attached hydrogens (tertiary/aromatic N) is 2. The van der Waals surface area contributed by atoms with Crippen LogP contribution in [0, 0.1) is 13.8 Å². The van der Waals surface area contributed by atoms with E-state index >= 15 is 0 Å². The van der Waals surface area contributed by atoms with Crippen molar-refractivity contribution in [2.75, 3.05) is 4.90 Å². The van der Waals surface area contributed by atoms with Crippen molar-refractivity contribution in [1.29, 1.82) is 0 Å². The van der Waals surface area contributed by atoms with Gasteiger partial charge in [-0.2, -0.15) is 0 Å². The van der Waals surface area contributed by atoms with Crippen molar-refractivity contribution in [2.24, 2.45) is 0 Å². The minimum atomic E-state index is -0.847. The number of aliphatic hydroxyl groups is 1. The molecule has 2 aromatic carbocycles. The van der Waals surface area contributed by atoms with Gasteiger partial charge < -0.3 is 9.84 Å².